The summed E-state index contributed by atoms with van der Waals surface area (Å²) in [6, 6.07) is 10.8. The third kappa shape index (κ3) is 2.53. The molecule has 4 rings (SSSR count). The van der Waals surface area contributed by atoms with Crippen LogP contribution in [0.5, 0.6) is 0 Å². The predicted octanol–water partition coefficient (Wildman–Crippen LogP) is 1.41. The molecule has 6 nitrogen and oxygen atoms in total. The van der Waals surface area contributed by atoms with E-state index in [1.165, 1.54) is 23.3 Å². The second-order valence-corrected chi connectivity index (χ2v) is 8.31. The van der Waals surface area contributed by atoms with E-state index < -0.39 is 23.3 Å². The van der Waals surface area contributed by atoms with Gasteiger partial charge in [-0.25, -0.2) is 9.69 Å². The monoisotopic (exact) mass is 385 g/mol. The minimum absolute atomic E-state index is 0.254. The third-order valence-corrected chi connectivity index (χ3v) is 6.67. The van der Waals surface area contributed by atoms with Gasteiger partial charge >= 0.3 is 5.97 Å². The number of amides is 2. The van der Waals surface area contributed by atoms with Gasteiger partial charge in [0, 0.05) is 6.92 Å². The number of carbonyl (C=O) groups excluding carboxylic acids is 3. The van der Waals surface area contributed by atoms with Crippen LogP contribution in [0.1, 0.15) is 23.4 Å². The highest BCUT2D eigenvalue weighted by Crippen LogP contribution is 2.46. The van der Waals surface area contributed by atoms with Gasteiger partial charge in [0.1, 0.15) is 17.9 Å². The maximum atomic E-state index is 13.3. The van der Waals surface area contributed by atoms with Crippen molar-refractivity contribution in [2.75, 3.05) is 12.0 Å². The summed E-state index contributed by atoms with van der Waals surface area (Å²) in [6.07, 6.45) is 0. The number of nitrogens with two attached hydrogens (primary N) is 1. The molecule has 0 saturated carbocycles. The SMILES string of the molecule is COC(=O)[C@]1(C)[NH2+][C@@H](c2cccs2)[C@@H]2C(=O)N(c3ccc(C)cc3)C(=O)[C@H]21. The Hall–Kier alpha value is -2.51. The summed E-state index contributed by atoms with van der Waals surface area (Å²) in [6.45, 7) is 3.65. The molecule has 1 aromatic heterocycles. The molecule has 2 aliphatic rings. The third-order valence-electron chi connectivity index (χ3n) is 5.70. The summed E-state index contributed by atoms with van der Waals surface area (Å²) in [7, 11) is 1.31. The second kappa shape index (κ2) is 6.28. The molecule has 1 aromatic carbocycles. The second-order valence-electron chi connectivity index (χ2n) is 7.33. The van der Waals surface area contributed by atoms with Gasteiger partial charge < -0.3 is 10.1 Å². The summed E-state index contributed by atoms with van der Waals surface area (Å²) in [5.74, 6) is -2.43. The molecule has 0 radical (unpaired) electrons. The average molecular weight is 385 g/mol. The first-order valence-electron chi connectivity index (χ1n) is 8.81. The average Bonchev–Trinajstić information content (AvgIpc) is 3.34. The molecule has 2 aromatic rings. The number of methoxy groups -OCH3 is 1. The molecule has 2 fully saturated rings. The quantitative estimate of drug-likeness (QED) is 0.640. The van der Waals surface area contributed by atoms with Crippen LogP contribution >= 0.6 is 11.3 Å². The highest BCUT2D eigenvalue weighted by Gasteiger charge is 2.71. The van der Waals surface area contributed by atoms with Crippen molar-refractivity contribution >= 4 is 34.8 Å². The Kier molecular flexibility index (Phi) is 4.16. The van der Waals surface area contributed by atoms with Gasteiger partial charge in [-0.1, -0.05) is 23.8 Å². The van der Waals surface area contributed by atoms with E-state index in [0.717, 1.165) is 10.4 Å². The van der Waals surface area contributed by atoms with E-state index in [-0.39, 0.29) is 17.9 Å². The minimum atomic E-state index is -1.14. The Labute approximate surface area is 161 Å². The molecular weight excluding hydrogens is 364 g/mol. The summed E-state index contributed by atoms with van der Waals surface area (Å²) in [4.78, 5) is 41.5. The highest BCUT2D eigenvalue weighted by atomic mass is 32.1. The van der Waals surface area contributed by atoms with Crippen LogP contribution in [0, 0.1) is 18.8 Å². The molecular formula is C20H21N2O4S+. The lowest BCUT2D eigenvalue weighted by Crippen LogP contribution is -2.97. The van der Waals surface area contributed by atoms with Crippen LogP contribution < -0.4 is 10.2 Å². The van der Waals surface area contributed by atoms with E-state index in [1.54, 1.807) is 19.1 Å². The fourth-order valence-electron chi connectivity index (χ4n) is 4.37. The number of esters is 1. The van der Waals surface area contributed by atoms with E-state index >= 15 is 0 Å². The molecule has 2 saturated heterocycles. The zero-order valence-electron chi connectivity index (χ0n) is 15.3. The summed E-state index contributed by atoms with van der Waals surface area (Å²) >= 11 is 1.53. The normalized spacial score (nSPS) is 29.9. The number of hydrogen-bond acceptors (Lipinski definition) is 5. The Balaban J connectivity index is 1.81. The van der Waals surface area contributed by atoms with Crippen molar-refractivity contribution in [3.8, 4) is 0 Å². The number of aryl methyl sites for hydroxylation is 1. The number of thiophene rings is 1. The fraction of sp³-hybridized carbons (Fsp3) is 0.350. The molecule has 0 aliphatic carbocycles. The maximum Gasteiger partial charge on any atom is 0.368 e. The maximum absolute atomic E-state index is 13.3. The number of hydrogen-bond donors (Lipinski definition) is 1. The van der Waals surface area contributed by atoms with Crippen molar-refractivity contribution in [1.82, 2.24) is 0 Å². The van der Waals surface area contributed by atoms with Crippen LogP contribution in [-0.4, -0.2) is 30.4 Å². The minimum Gasteiger partial charge on any atom is -0.464 e. The van der Waals surface area contributed by atoms with Gasteiger partial charge in [0.15, 0.2) is 0 Å². The molecule has 0 spiro atoms. The van der Waals surface area contributed by atoms with E-state index in [4.69, 9.17) is 4.74 Å². The standard InChI is InChI=1S/C20H20N2O4S/c1-11-6-8-12(9-7-11)22-17(23)14-15(18(22)24)20(2,19(25)26-3)21-16(14)13-5-4-10-27-13/h4-10,14-16,21H,1-3H3/p+1/t14-,15+,16+,20-/m1/s1. The largest absolute Gasteiger partial charge is 0.464 e. The first-order chi connectivity index (χ1) is 12.9. The van der Waals surface area contributed by atoms with Gasteiger partial charge in [0.2, 0.25) is 17.4 Å². The Morgan fingerprint density at radius 2 is 1.89 bits per heavy atom. The predicted molar refractivity (Wildman–Crippen MR) is 100 cm³/mol. The smallest absolute Gasteiger partial charge is 0.368 e. The summed E-state index contributed by atoms with van der Waals surface area (Å²) in [5.41, 5.74) is 0.449. The van der Waals surface area contributed by atoms with Crippen LogP contribution in [0.15, 0.2) is 41.8 Å². The van der Waals surface area contributed by atoms with Crippen LogP contribution in [-0.2, 0) is 19.1 Å². The summed E-state index contributed by atoms with van der Waals surface area (Å²) in [5, 5.41) is 3.77. The van der Waals surface area contributed by atoms with Gasteiger partial charge in [0.05, 0.1) is 17.7 Å². The van der Waals surface area contributed by atoms with Gasteiger partial charge in [-0.3, -0.25) is 9.59 Å². The van der Waals surface area contributed by atoms with Gasteiger partial charge in [-0.15, -0.1) is 11.3 Å². The van der Waals surface area contributed by atoms with Gasteiger partial charge in [-0.2, -0.15) is 0 Å². The first kappa shape index (κ1) is 17.9. The van der Waals surface area contributed by atoms with Crippen LogP contribution in [0.3, 0.4) is 0 Å². The Bertz CT molecular complexity index is 909. The number of ether oxygens (including phenoxy) is 1. The van der Waals surface area contributed by atoms with Crippen molar-refractivity contribution < 1.29 is 24.4 Å². The van der Waals surface area contributed by atoms with Crippen LogP contribution in [0.4, 0.5) is 5.69 Å². The van der Waals surface area contributed by atoms with E-state index in [2.05, 4.69) is 0 Å². The molecule has 2 N–H and O–H groups in total. The van der Waals surface area contributed by atoms with Crippen molar-refractivity contribution in [1.29, 1.82) is 0 Å². The first-order valence-corrected chi connectivity index (χ1v) is 9.69. The van der Waals surface area contributed by atoms with Crippen molar-refractivity contribution in [3.63, 3.8) is 0 Å². The number of quaternary nitrogens is 1. The van der Waals surface area contributed by atoms with Crippen molar-refractivity contribution in [2.24, 2.45) is 11.8 Å². The van der Waals surface area contributed by atoms with Crippen molar-refractivity contribution in [2.45, 2.75) is 25.4 Å². The lowest BCUT2D eigenvalue weighted by Gasteiger charge is -2.25. The number of nitrogens with zero attached hydrogens (tertiary/aromatic N) is 1. The molecule has 0 unspecified atom stereocenters. The number of rotatable bonds is 3. The number of benzene rings is 1. The Morgan fingerprint density at radius 3 is 2.48 bits per heavy atom. The molecule has 140 valence electrons. The zero-order chi connectivity index (χ0) is 19.3. The number of carbonyl (C=O) groups is 3. The summed E-state index contributed by atoms with van der Waals surface area (Å²) < 4.78 is 5.00. The number of fused-ring (bicyclic) bond motifs is 1. The molecule has 2 aliphatic heterocycles. The molecule has 27 heavy (non-hydrogen) atoms. The lowest BCUT2D eigenvalue weighted by molar-refractivity contribution is -0.730. The topological polar surface area (TPSA) is 80.3 Å². The van der Waals surface area contributed by atoms with E-state index in [0.29, 0.717) is 5.69 Å². The van der Waals surface area contributed by atoms with E-state index in [9.17, 15) is 14.4 Å². The van der Waals surface area contributed by atoms with Gasteiger partial charge in [0.25, 0.3) is 0 Å². The molecule has 7 heteroatoms. The number of anilines is 1. The molecule has 3 heterocycles. The lowest BCUT2D eigenvalue weighted by atomic mass is 9.81. The Morgan fingerprint density at radius 1 is 1.19 bits per heavy atom. The highest BCUT2D eigenvalue weighted by molar-refractivity contribution is 7.10. The molecule has 0 bridgehead atoms. The molecule has 4 atom stereocenters. The van der Waals surface area contributed by atoms with Crippen molar-refractivity contribution in [3.05, 3.63) is 52.2 Å². The van der Waals surface area contributed by atoms with Crippen LogP contribution in [0.2, 0.25) is 0 Å². The zero-order valence-corrected chi connectivity index (χ0v) is 16.2. The fourth-order valence-corrected chi connectivity index (χ4v) is 5.21. The molecule has 2 amide bonds. The number of imide groups is 1. The van der Waals surface area contributed by atoms with Gasteiger partial charge in [-0.05, 0) is 30.5 Å². The van der Waals surface area contributed by atoms with Crippen LogP contribution in [0.25, 0.3) is 0 Å². The van der Waals surface area contributed by atoms with E-state index in [1.807, 2.05) is 41.9 Å².